The topological polar surface area (TPSA) is 125 Å². The summed E-state index contributed by atoms with van der Waals surface area (Å²) in [6, 6.07) is 3.10. The number of ketones is 1. The standard InChI is InChI=1S/C23H23FN8O2/c1-13-8-16(19-25-12-26-22(30-19)28-15-10-27-32(3)11-15)17(24)9-14(13)4-5-18(33)20-29-21(34-31-20)23(2)6-7-23/h8-12H,4-7H2,1-3H3,(H,25,26,28,30). The number of rotatable bonds is 8. The lowest BCUT2D eigenvalue weighted by Crippen LogP contribution is -2.07. The van der Waals surface area contributed by atoms with E-state index in [-0.39, 0.29) is 40.8 Å². The van der Waals surface area contributed by atoms with Gasteiger partial charge in [-0.3, -0.25) is 9.48 Å². The molecule has 1 N–H and O–H groups in total. The first-order valence-electron chi connectivity index (χ1n) is 10.9. The zero-order chi connectivity index (χ0) is 23.9. The van der Waals surface area contributed by atoms with Crippen LogP contribution in [-0.4, -0.2) is 40.7 Å². The van der Waals surface area contributed by atoms with Crippen molar-refractivity contribution in [2.45, 2.75) is 44.9 Å². The molecule has 0 bridgehead atoms. The summed E-state index contributed by atoms with van der Waals surface area (Å²) in [6.45, 7) is 3.89. The summed E-state index contributed by atoms with van der Waals surface area (Å²) in [6.07, 6.45) is 7.20. The Balaban J connectivity index is 1.29. The number of carbonyl (C=O) groups is 1. The summed E-state index contributed by atoms with van der Waals surface area (Å²) in [4.78, 5) is 29.3. The number of nitrogens with one attached hydrogen (secondary N) is 1. The Morgan fingerprint density at radius 2 is 2.09 bits per heavy atom. The number of aromatic nitrogens is 7. The number of halogens is 1. The fourth-order valence-corrected chi connectivity index (χ4v) is 3.61. The highest BCUT2D eigenvalue weighted by Crippen LogP contribution is 2.46. The zero-order valence-electron chi connectivity index (χ0n) is 19.0. The third kappa shape index (κ3) is 4.41. The maximum absolute atomic E-state index is 15.0. The minimum absolute atomic E-state index is 0.0803. The third-order valence-corrected chi connectivity index (χ3v) is 6.01. The molecule has 1 aliphatic rings. The van der Waals surface area contributed by atoms with Crippen LogP contribution in [0.25, 0.3) is 11.4 Å². The molecule has 1 aliphatic carbocycles. The van der Waals surface area contributed by atoms with Gasteiger partial charge < -0.3 is 9.84 Å². The highest BCUT2D eigenvalue weighted by Gasteiger charge is 2.44. The monoisotopic (exact) mass is 462 g/mol. The number of carbonyl (C=O) groups excluding carboxylic acids is 1. The predicted molar refractivity (Wildman–Crippen MR) is 120 cm³/mol. The number of anilines is 2. The van der Waals surface area contributed by atoms with Crippen LogP contribution in [-0.2, 0) is 18.9 Å². The van der Waals surface area contributed by atoms with Gasteiger partial charge >= 0.3 is 0 Å². The molecule has 1 aromatic carbocycles. The molecule has 0 aliphatic heterocycles. The van der Waals surface area contributed by atoms with Gasteiger partial charge in [-0.1, -0.05) is 12.1 Å². The number of hydrogen-bond acceptors (Lipinski definition) is 9. The maximum atomic E-state index is 15.0. The van der Waals surface area contributed by atoms with Gasteiger partial charge in [-0.25, -0.2) is 14.4 Å². The molecule has 11 heteroatoms. The number of nitrogens with zero attached hydrogens (tertiary/aromatic N) is 7. The van der Waals surface area contributed by atoms with Gasteiger partial charge in [0.25, 0.3) is 0 Å². The van der Waals surface area contributed by atoms with Gasteiger partial charge in [-0.15, -0.1) is 0 Å². The molecule has 34 heavy (non-hydrogen) atoms. The molecule has 3 aromatic heterocycles. The van der Waals surface area contributed by atoms with Crippen molar-refractivity contribution in [2.75, 3.05) is 5.32 Å². The van der Waals surface area contributed by atoms with E-state index in [2.05, 4.69) is 35.5 Å². The van der Waals surface area contributed by atoms with Crippen molar-refractivity contribution in [1.82, 2.24) is 34.9 Å². The SMILES string of the molecule is Cc1cc(-c2ncnc(Nc3cnn(C)c3)n2)c(F)cc1CCC(=O)c1noc(C2(C)CC2)n1. The zero-order valence-corrected chi connectivity index (χ0v) is 19.0. The van der Waals surface area contributed by atoms with Crippen LogP contribution in [0.1, 0.15) is 53.8 Å². The first-order chi connectivity index (χ1) is 16.3. The molecule has 0 radical (unpaired) electrons. The lowest BCUT2D eigenvalue weighted by Gasteiger charge is -2.10. The minimum atomic E-state index is -0.477. The summed E-state index contributed by atoms with van der Waals surface area (Å²) >= 11 is 0. The summed E-state index contributed by atoms with van der Waals surface area (Å²) in [5.41, 5.74) is 2.41. The van der Waals surface area contributed by atoms with Crippen LogP contribution in [0.15, 0.2) is 35.4 Å². The van der Waals surface area contributed by atoms with E-state index >= 15 is 4.39 Å². The van der Waals surface area contributed by atoms with Crippen LogP contribution in [0.5, 0.6) is 0 Å². The van der Waals surface area contributed by atoms with Crippen molar-refractivity contribution in [3.8, 4) is 11.4 Å². The molecule has 1 fully saturated rings. The van der Waals surface area contributed by atoms with Crippen LogP contribution in [0, 0.1) is 12.7 Å². The number of hydrogen-bond donors (Lipinski definition) is 1. The minimum Gasteiger partial charge on any atom is -0.338 e. The second kappa shape index (κ2) is 8.40. The van der Waals surface area contributed by atoms with Gasteiger partial charge in [0.15, 0.2) is 5.82 Å². The van der Waals surface area contributed by atoms with Gasteiger partial charge in [0.05, 0.1) is 17.4 Å². The molecule has 3 heterocycles. The summed E-state index contributed by atoms with van der Waals surface area (Å²) in [7, 11) is 1.80. The highest BCUT2D eigenvalue weighted by molar-refractivity contribution is 5.92. The van der Waals surface area contributed by atoms with E-state index in [1.165, 1.54) is 12.4 Å². The molecule has 0 amide bonds. The van der Waals surface area contributed by atoms with Gasteiger partial charge in [0, 0.05) is 25.1 Å². The van der Waals surface area contributed by atoms with E-state index in [0.29, 0.717) is 18.0 Å². The van der Waals surface area contributed by atoms with Crippen LogP contribution >= 0.6 is 0 Å². The molecule has 4 aromatic rings. The van der Waals surface area contributed by atoms with E-state index in [9.17, 15) is 4.79 Å². The molecule has 10 nitrogen and oxygen atoms in total. The largest absolute Gasteiger partial charge is 0.338 e. The first-order valence-corrected chi connectivity index (χ1v) is 10.9. The van der Waals surface area contributed by atoms with Gasteiger partial charge in [0.2, 0.25) is 23.4 Å². The molecular weight excluding hydrogens is 439 g/mol. The highest BCUT2D eigenvalue weighted by atomic mass is 19.1. The fraction of sp³-hybridized carbons (Fsp3) is 0.348. The second-order valence-electron chi connectivity index (χ2n) is 8.83. The second-order valence-corrected chi connectivity index (χ2v) is 8.83. The van der Waals surface area contributed by atoms with Crippen molar-refractivity contribution in [3.63, 3.8) is 0 Å². The van der Waals surface area contributed by atoms with Crippen LogP contribution in [0.2, 0.25) is 0 Å². The molecule has 0 unspecified atom stereocenters. The quantitative estimate of drug-likeness (QED) is 0.390. The lowest BCUT2D eigenvalue weighted by molar-refractivity contribution is 0.0970. The van der Waals surface area contributed by atoms with Crippen molar-refractivity contribution in [1.29, 1.82) is 0 Å². The van der Waals surface area contributed by atoms with Crippen LogP contribution in [0.4, 0.5) is 16.0 Å². The summed E-state index contributed by atoms with van der Waals surface area (Å²) in [5, 5.41) is 10.9. The van der Waals surface area contributed by atoms with Crippen molar-refractivity contribution in [3.05, 3.63) is 59.5 Å². The van der Waals surface area contributed by atoms with Gasteiger partial charge in [-0.05, 0) is 49.4 Å². The number of aryl methyl sites for hydroxylation is 3. The molecule has 0 atom stereocenters. The number of Topliss-reactive ketones (excluding diaryl/α,β-unsaturated/α-hetero) is 1. The molecule has 174 valence electrons. The fourth-order valence-electron chi connectivity index (χ4n) is 3.61. The van der Waals surface area contributed by atoms with E-state index in [0.717, 1.165) is 24.0 Å². The van der Waals surface area contributed by atoms with Gasteiger partial charge in [0.1, 0.15) is 12.1 Å². The Labute approximate surface area is 194 Å². The van der Waals surface area contributed by atoms with E-state index in [1.807, 2.05) is 13.8 Å². The third-order valence-electron chi connectivity index (χ3n) is 6.01. The Hall–Kier alpha value is -4.02. The van der Waals surface area contributed by atoms with E-state index in [1.54, 1.807) is 30.2 Å². The molecular formula is C23H23FN8O2. The van der Waals surface area contributed by atoms with Gasteiger partial charge in [-0.2, -0.15) is 15.1 Å². The number of benzene rings is 1. The molecule has 0 saturated heterocycles. The normalized spacial score (nSPS) is 14.2. The Bertz CT molecular complexity index is 1380. The molecule has 0 spiro atoms. The summed E-state index contributed by atoms with van der Waals surface area (Å²) < 4.78 is 21.9. The van der Waals surface area contributed by atoms with Crippen LogP contribution < -0.4 is 5.32 Å². The maximum Gasteiger partial charge on any atom is 0.238 e. The summed E-state index contributed by atoms with van der Waals surface area (Å²) in [5.74, 6) is 0.373. The first kappa shape index (κ1) is 21.8. The lowest BCUT2D eigenvalue weighted by atomic mass is 9.99. The van der Waals surface area contributed by atoms with Crippen molar-refractivity contribution >= 4 is 17.4 Å². The Morgan fingerprint density at radius 3 is 2.82 bits per heavy atom. The Morgan fingerprint density at radius 1 is 1.26 bits per heavy atom. The Kier molecular flexibility index (Phi) is 5.39. The molecule has 1 saturated carbocycles. The predicted octanol–water partition coefficient (Wildman–Crippen LogP) is 3.71. The average molecular weight is 462 g/mol. The molecule has 5 rings (SSSR count). The van der Waals surface area contributed by atoms with E-state index in [4.69, 9.17) is 4.52 Å². The van der Waals surface area contributed by atoms with Crippen LogP contribution in [0.3, 0.4) is 0 Å². The van der Waals surface area contributed by atoms with Crippen molar-refractivity contribution < 1.29 is 13.7 Å². The smallest absolute Gasteiger partial charge is 0.238 e. The van der Waals surface area contributed by atoms with E-state index < -0.39 is 5.82 Å². The average Bonchev–Trinajstić information content (AvgIpc) is 3.20. The van der Waals surface area contributed by atoms with Crippen molar-refractivity contribution in [2.24, 2.45) is 7.05 Å².